The molecule has 7 nitrogen and oxygen atoms in total. The van der Waals surface area contributed by atoms with Gasteiger partial charge < -0.3 is 15.5 Å². The van der Waals surface area contributed by atoms with Crippen LogP contribution in [0.3, 0.4) is 0 Å². The first-order valence-corrected chi connectivity index (χ1v) is 10.4. The fourth-order valence-electron chi connectivity index (χ4n) is 3.65. The number of carbonyl (C=O) groups is 3. The SMILES string of the molecule is Cc1c([C@H](C)C(=O)NCC(C)C(=O)O)c2c(F)c(O)c(F)cc2n1C(=O)c1ccc(Cl)cc1. The number of nitrogens with one attached hydrogen (secondary N) is 1. The van der Waals surface area contributed by atoms with Crippen LogP contribution in [-0.4, -0.2) is 39.1 Å². The Labute approximate surface area is 192 Å². The normalized spacial score (nSPS) is 13.0. The lowest BCUT2D eigenvalue weighted by Crippen LogP contribution is -2.34. The molecule has 0 aliphatic heterocycles. The van der Waals surface area contributed by atoms with E-state index >= 15 is 4.39 Å². The molecular formula is C23H21ClF2N2O5. The number of benzene rings is 2. The standard InChI is InChI=1S/C23H21ClF2N2O5/c1-10(23(32)33)9-27-21(30)11(2)17-12(3)28(22(31)13-4-6-14(24)7-5-13)16-8-15(25)20(29)19(26)18(16)17/h4-8,10-11,29H,9H2,1-3H3,(H,27,30)(H,32,33)/t10?,11-/m0/s1. The van der Waals surface area contributed by atoms with E-state index in [9.17, 15) is 23.9 Å². The van der Waals surface area contributed by atoms with Gasteiger partial charge in [0.05, 0.1) is 17.4 Å². The topological polar surface area (TPSA) is 109 Å². The largest absolute Gasteiger partial charge is 0.503 e. The number of phenolic OH excluding ortho intramolecular Hbond substituents is 1. The Morgan fingerprint density at radius 2 is 1.76 bits per heavy atom. The number of halogens is 3. The fourth-order valence-corrected chi connectivity index (χ4v) is 3.78. The van der Waals surface area contributed by atoms with Gasteiger partial charge in [-0.1, -0.05) is 18.5 Å². The number of hydrogen-bond donors (Lipinski definition) is 3. The van der Waals surface area contributed by atoms with Gasteiger partial charge in [-0.05, 0) is 43.7 Å². The number of hydrogen-bond acceptors (Lipinski definition) is 4. The number of aromatic hydroxyl groups is 1. The maximum absolute atomic E-state index is 15.0. The minimum absolute atomic E-state index is 0.0700. The van der Waals surface area contributed by atoms with Crippen molar-refractivity contribution >= 4 is 40.3 Å². The molecule has 1 amide bonds. The summed E-state index contributed by atoms with van der Waals surface area (Å²) in [4.78, 5) is 37.0. The van der Waals surface area contributed by atoms with Crippen molar-refractivity contribution in [3.8, 4) is 5.75 Å². The van der Waals surface area contributed by atoms with E-state index in [1.54, 1.807) is 0 Å². The number of amides is 1. The molecule has 0 bridgehead atoms. The predicted molar refractivity (Wildman–Crippen MR) is 118 cm³/mol. The van der Waals surface area contributed by atoms with Crippen LogP contribution in [0.2, 0.25) is 5.02 Å². The van der Waals surface area contributed by atoms with Gasteiger partial charge in [-0.2, -0.15) is 0 Å². The van der Waals surface area contributed by atoms with Crippen molar-refractivity contribution in [2.75, 3.05) is 6.54 Å². The second kappa shape index (κ2) is 9.19. The van der Waals surface area contributed by atoms with Gasteiger partial charge in [-0.25, -0.2) is 8.78 Å². The number of fused-ring (bicyclic) bond motifs is 1. The third kappa shape index (κ3) is 4.41. The maximum Gasteiger partial charge on any atom is 0.308 e. The molecule has 0 aliphatic carbocycles. The van der Waals surface area contributed by atoms with Crippen LogP contribution in [0.5, 0.6) is 5.75 Å². The lowest BCUT2D eigenvalue weighted by molar-refractivity contribution is -0.141. The lowest BCUT2D eigenvalue weighted by Gasteiger charge is -2.15. The van der Waals surface area contributed by atoms with Crippen LogP contribution in [0.1, 0.15) is 41.4 Å². The maximum atomic E-state index is 15.0. The van der Waals surface area contributed by atoms with E-state index in [0.29, 0.717) is 5.02 Å². The molecule has 0 spiro atoms. The van der Waals surface area contributed by atoms with E-state index in [2.05, 4.69) is 5.32 Å². The molecule has 1 aromatic heterocycles. The van der Waals surface area contributed by atoms with Crippen LogP contribution >= 0.6 is 11.6 Å². The van der Waals surface area contributed by atoms with Crippen molar-refractivity contribution in [3.63, 3.8) is 0 Å². The second-order valence-electron chi connectivity index (χ2n) is 7.77. The molecule has 3 rings (SSSR count). The summed E-state index contributed by atoms with van der Waals surface area (Å²) in [5.41, 5.74) is 0.268. The lowest BCUT2D eigenvalue weighted by atomic mass is 9.96. The van der Waals surface area contributed by atoms with E-state index in [-0.39, 0.29) is 34.3 Å². The van der Waals surface area contributed by atoms with Crippen molar-refractivity contribution in [2.24, 2.45) is 5.92 Å². The number of carboxylic acid groups (broad SMARTS) is 1. The molecule has 0 saturated heterocycles. The Bertz CT molecular complexity index is 1270. The number of carbonyl (C=O) groups excluding carboxylic acids is 2. The average molecular weight is 479 g/mol. The highest BCUT2D eigenvalue weighted by atomic mass is 35.5. The van der Waals surface area contributed by atoms with Crippen LogP contribution in [-0.2, 0) is 9.59 Å². The summed E-state index contributed by atoms with van der Waals surface area (Å²) in [6.45, 7) is 4.17. The Kier molecular flexibility index (Phi) is 6.73. The highest BCUT2D eigenvalue weighted by molar-refractivity contribution is 6.30. The van der Waals surface area contributed by atoms with Gasteiger partial charge in [0.15, 0.2) is 17.4 Å². The van der Waals surface area contributed by atoms with Crippen LogP contribution in [0.4, 0.5) is 8.78 Å². The van der Waals surface area contributed by atoms with Crippen LogP contribution in [0.25, 0.3) is 10.9 Å². The number of phenols is 1. The molecule has 2 aromatic carbocycles. The second-order valence-corrected chi connectivity index (χ2v) is 8.20. The van der Waals surface area contributed by atoms with Gasteiger partial charge >= 0.3 is 5.97 Å². The van der Waals surface area contributed by atoms with E-state index in [1.165, 1.54) is 45.0 Å². The van der Waals surface area contributed by atoms with E-state index in [0.717, 1.165) is 10.6 Å². The Balaban J connectivity index is 2.17. The average Bonchev–Trinajstić information content (AvgIpc) is 3.06. The molecule has 10 heteroatoms. The highest BCUT2D eigenvalue weighted by Gasteiger charge is 2.31. The number of aromatic nitrogens is 1. The fraction of sp³-hybridized carbons (Fsp3) is 0.261. The molecule has 2 atom stereocenters. The molecule has 0 saturated carbocycles. The summed E-state index contributed by atoms with van der Waals surface area (Å²) >= 11 is 5.87. The summed E-state index contributed by atoms with van der Waals surface area (Å²) in [5, 5.41) is 21.5. The summed E-state index contributed by atoms with van der Waals surface area (Å²) in [6.07, 6.45) is 0. The Morgan fingerprint density at radius 3 is 2.33 bits per heavy atom. The highest BCUT2D eigenvalue weighted by Crippen LogP contribution is 2.38. The number of aliphatic carboxylic acids is 1. The summed E-state index contributed by atoms with van der Waals surface area (Å²) in [7, 11) is 0. The van der Waals surface area contributed by atoms with Crippen LogP contribution in [0, 0.1) is 24.5 Å². The van der Waals surface area contributed by atoms with Crippen molar-refractivity contribution in [1.29, 1.82) is 0 Å². The van der Waals surface area contributed by atoms with Gasteiger partial charge in [0.1, 0.15) is 0 Å². The first-order chi connectivity index (χ1) is 15.5. The van der Waals surface area contributed by atoms with Crippen LogP contribution < -0.4 is 5.32 Å². The molecule has 1 unspecified atom stereocenters. The van der Waals surface area contributed by atoms with Gasteiger partial charge in [0, 0.05) is 34.3 Å². The first kappa shape index (κ1) is 24.2. The zero-order valence-corrected chi connectivity index (χ0v) is 18.7. The van der Waals surface area contributed by atoms with Gasteiger partial charge in [-0.15, -0.1) is 0 Å². The molecule has 0 fully saturated rings. The predicted octanol–water partition coefficient (Wildman–Crippen LogP) is 4.22. The van der Waals surface area contributed by atoms with Crippen molar-refractivity contribution < 1.29 is 33.4 Å². The van der Waals surface area contributed by atoms with E-state index in [4.69, 9.17) is 16.7 Å². The van der Waals surface area contributed by atoms with Crippen molar-refractivity contribution in [2.45, 2.75) is 26.7 Å². The zero-order valence-electron chi connectivity index (χ0n) is 17.9. The summed E-state index contributed by atoms with van der Waals surface area (Å²) < 4.78 is 30.3. The first-order valence-electron chi connectivity index (χ1n) is 9.98. The number of carboxylic acids is 1. The molecule has 174 valence electrons. The third-order valence-electron chi connectivity index (χ3n) is 5.53. The van der Waals surface area contributed by atoms with Crippen molar-refractivity contribution in [3.05, 3.63) is 63.8 Å². The molecule has 3 aromatic rings. The van der Waals surface area contributed by atoms with Crippen molar-refractivity contribution in [1.82, 2.24) is 9.88 Å². The summed E-state index contributed by atoms with van der Waals surface area (Å²) in [5.74, 6) is -8.03. The minimum Gasteiger partial charge on any atom is -0.503 e. The Morgan fingerprint density at radius 1 is 1.15 bits per heavy atom. The van der Waals surface area contributed by atoms with E-state index in [1.807, 2.05) is 0 Å². The molecule has 0 radical (unpaired) electrons. The third-order valence-corrected chi connectivity index (χ3v) is 5.79. The molecular weight excluding hydrogens is 458 g/mol. The molecule has 33 heavy (non-hydrogen) atoms. The Hall–Kier alpha value is -3.46. The monoisotopic (exact) mass is 478 g/mol. The molecule has 1 heterocycles. The number of nitrogens with zero attached hydrogens (tertiary/aromatic N) is 1. The van der Waals surface area contributed by atoms with Gasteiger partial charge in [0.25, 0.3) is 5.91 Å². The summed E-state index contributed by atoms with van der Waals surface area (Å²) in [6, 6.07) is 6.71. The smallest absolute Gasteiger partial charge is 0.308 e. The van der Waals surface area contributed by atoms with E-state index < -0.39 is 47.0 Å². The molecule has 3 N–H and O–H groups in total. The van der Waals surface area contributed by atoms with Gasteiger partial charge in [0.2, 0.25) is 5.91 Å². The van der Waals surface area contributed by atoms with Crippen LogP contribution in [0.15, 0.2) is 30.3 Å². The minimum atomic E-state index is -1.30. The molecule has 0 aliphatic rings. The number of rotatable bonds is 6. The quantitative estimate of drug-likeness (QED) is 0.491. The van der Waals surface area contributed by atoms with Gasteiger partial charge in [-0.3, -0.25) is 19.0 Å². The zero-order chi connectivity index (χ0) is 24.6.